The second kappa shape index (κ2) is 8.71. The number of rotatable bonds is 8. The predicted molar refractivity (Wildman–Crippen MR) is 70.6 cm³/mol. The quantitative estimate of drug-likeness (QED) is 0.123. The van der Waals surface area contributed by atoms with Gasteiger partial charge in [0.05, 0.1) is 0 Å². The second-order valence-electron chi connectivity index (χ2n) is 6.73. The van der Waals surface area contributed by atoms with E-state index in [9.17, 15) is 101 Å². The number of halogens is 23. The van der Waals surface area contributed by atoms with Crippen molar-refractivity contribution in [1.29, 1.82) is 0 Å². The van der Waals surface area contributed by atoms with E-state index in [-0.39, 0.29) is 0 Å². The van der Waals surface area contributed by atoms with Crippen LogP contribution in [0.1, 0.15) is 5.56 Å². The summed E-state index contributed by atoms with van der Waals surface area (Å²) >= 11 is 0. The summed E-state index contributed by atoms with van der Waals surface area (Å²) in [5, 5.41) is -3.16. The molecule has 38 heavy (non-hydrogen) atoms. The molecule has 0 bridgehead atoms. The highest BCUT2D eigenvalue weighted by molar-refractivity contribution is 5.51. The zero-order valence-corrected chi connectivity index (χ0v) is 16.1. The highest BCUT2D eigenvalue weighted by Gasteiger charge is 2.95. The summed E-state index contributed by atoms with van der Waals surface area (Å²) in [6.45, 7) is 0. The van der Waals surface area contributed by atoms with E-state index < -0.39 is 87.5 Å². The van der Waals surface area contributed by atoms with Gasteiger partial charge in [0.15, 0.2) is 29.0 Å². The minimum Gasteiger partial charge on any atom is -0.204 e. The number of anilines is 1. The van der Waals surface area contributed by atoms with Gasteiger partial charge >= 0.3 is 47.6 Å². The molecule has 1 nitrogen and oxygen atoms in total. The fourth-order valence-electron chi connectivity index (χ4n) is 2.37. The van der Waals surface area contributed by atoms with Gasteiger partial charge in [-0.2, -0.15) is 74.6 Å². The van der Waals surface area contributed by atoms with E-state index in [0.29, 0.717) is 0 Å². The lowest BCUT2D eigenvalue weighted by Gasteiger charge is -2.42. The molecular weight excluding hydrogens is 619 g/mol. The first-order chi connectivity index (χ1) is 16.3. The van der Waals surface area contributed by atoms with Crippen LogP contribution in [0, 0.1) is 23.3 Å². The van der Waals surface area contributed by atoms with Gasteiger partial charge in [0, 0.05) is 0 Å². The molecule has 1 rings (SSSR count). The van der Waals surface area contributed by atoms with E-state index in [1.54, 1.807) is 0 Å². The van der Waals surface area contributed by atoms with Crippen LogP contribution in [0.3, 0.4) is 0 Å². The Morgan fingerprint density at radius 1 is 0.368 bits per heavy atom. The van der Waals surface area contributed by atoms with Gasteiger partial charge in [-0.1, -0.05) is 8.96 Å². The fraction of sp³-hybridized carbons (Fsp3) is 0.571. The maximum Gasteiger partial charge on any atom is 0.460 e. The van der Waals surface area contributed by atoms with Crippen molar-refractivity contribution in [3.05, 3.63) is 28.8 Å². The fourth-order valence-corrected chi connectivity index (χ4v) is 2.37. The molecule has 1 aromatic carbocycles. The largest absolute Gasteiger partial charge is 0.460 e. The molecule has 0 N–H and O–H groups in total. The molecule has 0 unspecified atom stereocenters. The molecule has 0 aliphatic carbocycles. The average molecular weight is 619 g/mol. The molecule has 0 saturated carbocycles. The molecule has 0 radical (unpaired) electrons. The second-order valence-corrected chi connectivity index (χ2v) is 6.73. The van der Waals surface area contributed by atoms with Gasteiger partial charge in [0.2, 0.25) is 0 Å². The number of alkyl halides is 17. The van der Waals surface area contributed by atoms with Gasteiger partial charge in [-0.25, -0.2) is 17.6 Å². The molecule has 0 fully saturated rings. The van der Waals surface area contributed by atoms with Crippen LogP contribution in [-0.4, -0.2) is 41.7 Å². The van der Waals surface area contributed by atoms with E-state index in [0.717, 1.165) is 0 Å². The first kappa shape index (κ1) is 33.4. The highest BCUT2D eigenvalue weighted by Crippen LogP contribution is 2.65. The van der Waals surface area contributed by atoms with Crippen molar-refractivity contribution in [2.24, 2.45) is 0 Å². The summed E-state index contributed by atoms with van der Waals surface area (Å²) in [6.07, 6.45) is -8.03. The molecule has 0 aliphatic heterocycles. The molecule has 0 saturated heterocycles. The molecule has 24 heteroatoms. The summed E-state index contributed by atoms with van der Waals surface area (Å²) in [4.78, 5) is 0. The first-order valence-corrected chi connectivity index (χ1v) is 8.03. The van der Waals surface area contributed by atoms with Gasteiger partial charge in [-0.3, -0.25) is 0 Å². The van der Waals surface area contributed by atoms with Crippen LogP contribution < -0.4 is 5.34 Å². The van der Waals surface area contributed by atoms with Crippen molar-refractivity contribution in [2.75, 3.05) is 5.34 Å². The molecule has 0 aliphatic rings. The third-order valence-electron chi connectivity index (χ3n) is 4.45. The van der Waals surface area contributed by atoms with Crippen LogP contribution >= 0.6 is 0 Å². The Hall–Kier alpha value is -2.59. The molecular formula is C14F23N. The zero-order valence-electron chi connectivity index (χ0n) is 16.1. The Morgan fingerprint density at radius 2 is 0.684 bits per heavy atom. The SMILES string of the molecule is Fc1c(F)c(N(F)F)c(F)c(C(F)(F)C(F)(F)C(F)(F)C(F)(F)C(F)(F)C(F)(F)C(F)(F)C(F)(F)F)c1F. The molecule has 0 heterocycles. The number of nitrogens with zero attached hydrogens (tertiary/aromatic N) is 1. The number of benzene rings is 1. The molecule has 222 valence electrons. The van der Waals surface area contributed by atoms with Gasteiger partial charge in [-0.15, -0.1) is 0 Å². The van der Waals surface area contributed by atoms with Crippen LogP contribution in [0.2, 0.25) is 0 Å². The summed E-state index contributed by atoms with van der Waals surface area (Å²) in [5.74, 6) is -77.4. The first-order valence-electron chi connectivity index (χ1n) is 8.03. The van der Waals surface area contributed by atoms with Crippen molar-refractivity contribution >= 4 is 5.69 Å². The Labute approximate surface area is 190 Å². The third-order valence-corrected chi connectivity index (χ3v) is 4.45. The van der Waals surface area contributed by atoms with Crippen molar-refractivity contribution in [2.45, 2.75) is 47.6 Å². The highest BCUT2D eigenvalue weighted by atomic mass is 19.4. The van der Waals surface area contributed by atoms with Crippen LogP contribution in [-0.2, 0) is 5.92 Å². The van der Waals surface area contributed by atoms with Gasteiger partial charge < -0.3 is 0 Å². The van der Waals surface area contributed by atoms with E-state index in [4.69, 9.17) is 0 Å². The van der Waals surface area contributed by atoms with Crippen molar-refractivity contribution in [1.82, 2.24) is 0 Å². The van der Waals surface area contributed by atoms with E-state index in [1.165, 1.54) is 0 Å². The van der Waals surface area contributed by atoms with Crippen molar-refractivity contribution in [3.8, 4) is 0 Å². The molecule has 0 atom stereocenters. The summed E-state index contributed by atoms with van der Waals surface area (Å²) in [7, 11) is 0. The van der Waals surface area contributed by atoms with E-state index in [2.05, 4.69) is 0 Å². The Bertz CT molecular complexity index is 1070. The Balaban J connectivity index is 4.02. The Morgan fingerprint density at radius 3 is 1.00 bits per heavy atom. The molecule has 0 spiro atoms. The smallest absolute Gasteiger partial charge is 0.204 e. The lowest BCUT2D eigenvalue weighted by Crippen LogP contribution is -2.74. The van der Waals surface area contributed by atoms with Gasteiger partial charge in [0.1, 0.15) is 5.56 Å². The monoisotopic (exact) mass is 619 g/mol. The van der Waals surface area contributed by atoms with Gasteiger partial charge in [0.25, 0.3) is 0 Å². The van der Waals surface area contributed by atoms with Crippen LogP contribution in [0.5, 0.6) is 0 Å². The minimum atomic E-state index is -9.16. The summed E-state index contributed by atoms with van der Waals surface area (Å²) in [5.41, 5.74) is -8.19. The summed E-state index contributed by atoms with van der Waals surface area (Å²) in [6, 6.07) is 0. The Kier molecular flexibility index (Phi) is 7.66. The normalized spacial score (nSPS) is 15.2. The third kappa shape index (κ3) is 3.94. The van der Waals surface area contributed by atoms with E-state index in [1.807, 2.05) is 0 Å². The summed E-state index contributed by atoms with van der Waals surface area (Å²) < 4.78 is 303. The van der Waals surface area contributed by atoms with Gasteiger partial charge in [-0.05, 0) is 5.34 Å². The number of hydrogen-bond donors (Lipinski definition) is 0. The number of hydrogen-bond acceptors (Lipinski definition) is 1. The zero-order chi connectivity index (χ0) is 31.0. The maximum atomic E-state index is 14.0. The van der Waals surface area contributed by atoms with E-state index >= 15 is 0 Å². The molecule has 0 amide bonds. The standard InChI is InChI=1S/C14F23N/c15-2-1(3(16)6(38(36)37)5(18)4(2)17)7(19,20)8(21,22)9(23,24)10(25,26)11(27,28)12(29,30)13(31,32)14(33,34)35. The molecule has 0 aromatic heterocycles. The minimum absolute atomic E-state index is 3.16. The maximum absolute atomic E-state index is 14.0. The van der Waals surface area contributed by atoms with Crippen molar-refractivity contribution in [3.63, 3.8) is 0 Å². The topological polar surface area (TPSA) is 3.24 Å². The van der Waals surface area contributed by atoms with Crippen LogP contribution in [0.4, 0.5) is 107 Å². The lowest BCUT2D eigenvalue weighted by atomic mass is 9.86. The predicted octanol–water partition coefficient (Wildman–Crippen LogP) is 8.28. The van der Waals surface area contributed by atoms with Crippen molar-refractivity contribution < 1.29 is 101 Å². The average Bonchev–Trinajstić information content (AvgIpc) is 2.70. The molecule has 1 aromatic rings. The lowest BCUT2D eigenvalue weighted by molar-refractivity contribution is -0.463. The van der Waals surface area contributed by atoms with Crippen LogP contribution in [0.15, 0.2) is 0 Å². The van der Waals surface area contributed by atoms with Crippen LogP contribution in [0.25, 0.3) is 0 Å².